The summed E-state index contributed by atoms with van der Waals surface area (Å²) >= 11 is 0. The molecule has 3 heterocycles. The van der Waals surface area contributed by atoms with Crippen molar-refractivity contribution in [2.75, 3.05) is 32.8 Å². The first kappa shape index (κ1) is 16.7. The first-order chi connectivity index (χ1) is 10.4. The highest BCUT2D eigenvalue weighted by atomic mass is 16.5. The van der Waals surface area contributed by atoms with E-state index in [-0.39, 0.29) is 5.60 Å². The summed E-state index contributed by atoms with van der Waals surface area (Å²) < 4.78 is 6.50. The molecule has 3 heteroatoms. The van der Waals surface area contributed by atoms with Crippen LogP contribution in [0.2, 0.25) is 0 Å². The Bertz CT molecular complexity index is 368. The SMILES string of the molecule is CC(C)N1CCN(CC23CCC(C(C)C)(CC2)CO3)[C@@H](C)C1. The molecule has 0 spiro atoms. The summed E-state index contributed by atoms with van der Waals surface area (Å²) in [6.07, 6.45) is 5.32. The molecule has 0 aromatic carbocycles. The maximum atomic E-state index is 6.50. The van der Waals surface area contributed by atoms with E-state index in [1.54, 1.807) is 0 Å². The van der Waals surface area contributed by atoms with Gasteiger partial charge in [-0.1, -0.05) is 13.8 Å². The van der Waals surface area contributed by atoms with E-state index >= 15 is 0 Å². The molecule has 128 valence electrons. The van der Waals surface area contributed by atoms with E-state index in [2.05, 4.69) is 44.4 Å². The van der Waals surface area contributed by atoms with Crippen LogP contribution in [0.1, 0.15) is 60.3 Å². The third-order valence-corrected chi connectivity index (χ3v) is 7.07. The lowest BCUT2D eigenvalue weighted by Gasteiger charge is -2.57. The lowest BCUT2D eigenvalue weighted by Crippen LogP contribution is -2.62. The van der Waals surface area contributed by atoms with E-state index in [4.69, 9.17) is 4.74 Å². The minimum atomic E-state index is 0.172. The minimum Gasteiger partial charge on any atom is -0.373 e. The fourth-order valence-electron chi connectivity index (χ4n) is 4.83. The Hall–Kier alpha value is -0.120. The summed E-state index contributed by atoms with van der Waals surface area (Å²) in [6, 6.07) is 1.34. The fourth-order valence-corrected chi connectivity index (χ4v) is 4.83. The van der Waals surface area contributed by atoms with Crippen LogP contribution in [0, 0.1) is 11.3 Å². The molecular formula is C19H36N2O. The maximum absolute atomic E-state index is 6.50. The van der Waals surface area contributed by atoms with Crippen LogP contribution in [-0.4, -0.2) is 60.3 Å². The lowest BCUT2D eigenvalue weighted by molar-refractivity contribution is -0.207. The Morgan fingerprint density at radius 1 is 1.05 bits per heavy atom. The van der Waals surface area contributed by atoms with E-state index in [0.717, 1.165) is 19.1 Å². The Labute approximate surface area is 137 Å². The van der Waals surface area contributed by atoms with Crippen molar-refractivity contribution in [2.45, 2.75) is 78.0 Å². The largest absolute Gasteiger partial charge is 0.373 e. The van der Waals surface area contributed by atoms with E-state index in [9.17, 15) is 0 Å². The summed E-state index contributed by atoms with van der Waals surface area (Å²) in [5, 5.41) is 0. The van der Waals surface area contributed by atoms with Crippen molar-refractivity contribution >= 4 is 0 Å². The van der Waals surface area contributed by atoms with Gasteiger partial charge in [0.1, 0.15) is 0 Å². The highest BCUT2D eigenvalue weighted by Gasteiger charge is 2.51. The quantitative estimate of drug-likeness (QED) is 0.792. The Balaban J connectivity index is 1.59. The number of ether oxygens (including phenoxy) is 1. The summed E-state index contributed by atoms with van der Waals surface area (Å²) in [5.74, 6) is 0.763. The summed E-state index contributed by atoms with van der Waals surface area (Å²) in [5.41, 5.74) is 0.661. The number of rotatable bonds is 4. The molecule has 1 atom stereocenters. The molecule has 1 aliphatic carbocycles. The standard InChI is InChI=1S/C19H36N2O/c1-15(2)18-6-8-19(9-7-18,22-14-18)13-21-11-10-20(16(3)4)12-17(21)5/h15-17H,6-14H2,1-5H3/t17-,18?,19?/m0/s1. The number of hydrogen-bond acceptors (Lipinski definition) is 3. The molecule has 0 aromatic rings. The third-order valence-electron chi connectivity index (χ3n) is 7.07. The van der Waals surface area contributed by atoms with Crippen molar-refractivity contribution in [1.82, 2.24) is 9.80 Å². The second kappa shape index (κ2) is 6.07. The molecule has 0 N–H and O–H groups in total. The van der Waals surface area contributed by atoms with Crippen LogP contribution in [-0.2, 0) is 4.74 Å². The van der Waals surface area contributed by atoms with Gasteiger partial charge in [0, 0.05) is 38.3 Å². The van der Waals surface area contributed by atoms with Crippen LogP contribution >= 0.6 is 0 Å². The van der Waals surface area contributed by atoms with Crippen LogP contribution in [0.15, 0.2) is 0 Å². The Morgan fingerprint density at radius 2 is 1.73 bits per heavy atom. The van der Waals surface area contributed by atoms with Crippen molar-refractivity contribution in [3.8, 4) is 0 Å². The molecule has 1 saturated carbocycles. The molecule has 22 heavy (non-hydrogen) atoms. The number of piperazine rings is 1. The van der Waals surface area contributed by atoms with Crippen molar-refractivity contribution in [1.29, 1.82) is 0 Å². The van der Waals surface area contributed by atoms with Crippen LogP contribution in [0.3, 0.4) is 0 Å². The molecular weight excluding hydrogens is 272 g/mol. The molecule has 0 aromatic heterocycles. The molecule has 3 saturated heterocycles. The highest BCUT2D eigenvalue weighted by Crippen LogP contribution is 2.52. The van der Waals surface area contributed by atoms with Gasteiger partial charge < -0.3 is 4.74 Å². The van der Waals surface area contributed by atoms with E-state index in [1.807, 2.05) is 0 Å². The Morgan fingerprint density at radius 3 is 2.18 bits per heavy atom. The van der Waals surface area contributed by atoms with Gasteiger partial charge in [0.25, 0.3) is 0 Å². The highest BCUT2D eigenvalue weighted by molar-refractivity contribution is 5.02. The first-order valence-electron chi connectivity index (χ1n) is 9.48. The van der Waals surface area contributed by atoms with Gasteiger partial charge >= 0.3 is 0 Å². The predicted octanol–water partition coefficient (Wildman–Crippen LogP) is 3.39. The smallest absolute Gasteiger partial charge is 0.0809 e. The molecule has 4 rings (SSSR count). The molecule has 0 unspecified atom stereocenters. The summed E-state index contributed by atoms with van der Waals surface area (Å²) in [4.78, 5) is 5.32. The normalized spacial score (nSPS) is 40.8. The number of nitrogens with zero attached hydrogens (tertiary/aromatic N) is 2. The van der Waals surface area contributed by atoms with Crippen molar-refractivity contribution in [3.05, 3.63) is 0 Å². The van der Waals surface area contributed by atoms with Gasteiger partial charge in [-0.15, -0.1) is 0 Å². The summed E-state index contributed by atoms with van der Waals surface area (Å²) in [7, 11) is 0. The van der Waals surface area contributed by atoms with E-state index in [0.29, 0.717) is 17.5 Å². The summed E-state index contributed by atoms with van der Waals surface area (Å²) in [6.45, 7) is 17.6. The second-order valence-electron chi connectivity index (χ2n) is 8.90. The number of fused-ring (bicyclic) bond motifs is 3. The average Bonchev–Trinajstić information content (AvgIpc) is 2.50. The molecule has 2 bridgehead atoms. The van der Waals surface area contributed by atoms with Crippen LogP contribution < -0.4 is 0 Å². The van der Waals surface area contributed by atoms with E-state index in [1.165, 1.54) is 45.3 Å². The van der Waals surface area contributed by atoms with Gasteiger partial charge in [0.05, 0.1) is 12.2 Å². The van der Waals surface area contributed by atoms with Crippen molar-refractivity contribution in [2.24, 2.45) is 11.3 Å². The zero-order valence-corrected chi connectivity index (χ0v) is 15.4. The van der Waals surface area contributed by atoms with Gasteiger partial charge in [-0.3, -0.25) is 9.80 Å². The topological polar surface area (TPSA) is 15.7 Å². The molecule has 4 fully saturated rings. The van der Waals surface area contributed by atoms with Crippen LogP contribution in [0.25, 0.3) is 0 Å². The molecule has 3 nitrogen and oxygen atoms in total. The van der Waals surface area contributed by atoms with Gasteiger partial charge in [0.2, 0.25) is 0 Å². The van der Waals surface area contributed by atoms with Gasteiger partial charge in [-0.2, -0.15) is 0 Å². The fraction of sp³-hybridized carbons (Fsp3) is 1.00. The molecule has 3 aliphatic heterocycles. The zero-order valence-electron chi connectivity index (χ0n) is 15.4. The van der Waals surface area contributed by atoms with Crippen LogP contribution in [0.5, 0.6) is 0 Å². The number of hydrogen-bond donors (Lipinski definition) is 0. The molecule has 0 radical (unpaired) electrons. The predicted molar refractivity (Wildman–Crippen MR) is 92.2 cm³/mol. The third kappa shape index (κ3) is 2.97. The monoisotopic (exact) mass is 308 g/mol. The maximum Gasteiger partial charge on any atom is 0.0809 e. The lowest BCUT2D eigenvalue weighted by atomic mass is 9.61. The van der Waals surface area contributed by atoms with Crippen molar-refractivity contribution < 1.29 is 4.74 Å². The van der Waals surface area contributed by atoms with Gasteiger partial charge in [0.15, 0.2) is 0 Å². The van der Waals surface area contributed by atoms with Gasteiger partial charge in [-0.05, 0) is 57.8 Å². The minimum absolute atomic E-state index is 0.172. The van der Waals surface area contributed by atoms with Gasteiger partial charge in [-0.25, -0.2) is 0 Å². The van der Waals surface area contributed by atoms with E-state index < -0.39 is 0 Å². The van der Waals surface area contributed by atoms with Crippen molar-refractivity contribution in [3.63, 3.8) is 0 Å². The Kier molecular flexibility index (Phi) is 4.61. The first-order valence-corrected chi connectivity index (χ1v) is 9.48. The zero-order chi connectivity index (χ0) is 16.0. The molecule has 4 aliphatic rings. The second-order valence-corrected chi connectivity index (χ2v) is 8.90. The van der Waals surface area contributed by atoms with Crippen LogP contribution in [0.4, 0.5) is 0 Å². The average molecular weight is 309 g/mol. The molecule has 0 amide bonds.